The van der Waals surface area contributed by atoms with Gasteiger partial charge in [0.2, 0.25) is 5.91 Å². The Balaban J connectivity index is 1.55. The van der Waals surface area contributed by atoms with E-state index < -0.39 is 0 Å². The van der Waals surface area contributed by atoms with Crippen molar-refractivity contribution in [1.82, 2.24) is 15.1 Å². The predicted molar refractivity (Wildman–Crippen MR) is 74.9 cm³/mol. The van der Waals surface area contributed by atoms with Crippen LogP contribution in [0.4, 0.5) is 9.18 Å². The average molecular weight is 291 g/mol. The molecule has 1 saturated heterocycles. The summed E-state index contributed by atoms with van der Waals surface area (Å²) < 4.78 is 13.6. The van der Waals surface area contributed by atoms with Gasteiger partial charge in [0.05, 0.1) is 6.54 Å². The zero-order valence-corrected chi connectivity index (χ0v) is 11.7. The van der Waals surface area contributed by atoms with Crippen LogP contribution in [0.3, 0.4) is 0 Å². The van der Waals surface area contributed by atoms with E-state index in [2.05, 4.69) is 5.32 Å². The van der Waals surface area contributed by atoms with Gasteiger partial charge >= 0.3 is 6.03 Å². The quantitative estimate of drug-likeness (QED) is 0.890. The smallest absolute Gasteiger partial charge is 0.320 e. The van der Waals surface area contributed by atoms with E-state index >= 15 is 0 Å². The van der Waals surface area contributed by atoms with Gasteiger partial charge in [-0.15, -0.1) is 0 Å². The van der Waals surface area contributed by atoms with E-state index in [1.165, 1.54) is 11.0 Å². The summed E-state index contributed by atoms with van der Waals surface area (Å²) in [5.41, 5.74) is 0.495. The van der Waals surface area contributed by atoms with Crippen molar-refractivity contribution in [2.24, 2.45) is 0 Å². The number of urea groups is 1. The van der Waals surface area contributed by atoms with Crippen LogP contribution >= 0.6 is 0 Å². The molecule has 1 N–H and O–H groups in total. The van der Waals surface area contributed by atoms with E-state index in [9.17, 15) is 14.0 Å². The van der Waals surface area contributed by atoms with Crippen LogP contribution in [0.2, 0.25) is 0 Å². The Bertz CT molecular complexity index is 560. The first-order chi connectivity index (χ1) is 10.1. The number of nitrogens with zero attached hydrogens (tertiary/aromatic N) is 2. The van der Waals surface area contributed by atoms with Crippen molar-refractivity contribution in [2.45, 2.75) is 25.4 Å². The molecule has 0 spiro atoms. The molecule has 112 valence electrons. The lowest BCUT2D eigenvalue weighted by atomic mass is 10.2. The Labute approximate surface area is 122 Å². The highest BCUT2D eigenvalue weighted by Crippen LogP contribution is 2.19. The summed E-state index contributed by atoms with van der Waals surface area (Å²) in [5, 5.41) is 2.86. The molecule has 21 heavy (non-hydrogen) atoms. The standard InChI is InChI=1S/C15H18FN3O2/c16-13-4-2-1-3-11(13)9-18-7-8-19(15(18)21)10-14(20)17-12-5-6-12/h1-4,12H,5-10H2,(H,17,20). The number of carbonyl (C=O) groups excluding carboxylic acids is 2. The summed E-state index contributed by atoms with van der Waals surface area (Å²) >= 11 is 0. The molecule has 3 amide bonds. The van der Waals surface area contributed by atoms with Crippen molar-refractivity contribution in [2.75, 3.05) is 19.6 Å². The third-order valence-corrected chi connectivity index (χ3v) is 3.78. The third-order valence-electron chi connectivity index (χ3n) is 3.78. The molecule has 1 aliphatic carbocycles. The van der Waals surface area contributed by atoms with Crippen molar-refractivity contribution in [3.8, 4) is 0 Å². The van der Waals surface area contributed by atoms with Crippen LogP contribution in [0.1, 0.15) is 18.4 Å². The molecule has 1 aromatic rings. The molecular formula is C15H18FN3O2. The number of carbonyl (C=O) groups is 2. The molecule has 6 heteroatoms. The Morgan fingerprint density at radius 2 is 1.95 bits per heavy atom. The molecule has 5 nitrogen and oxygen atoms in total. The Morgan fingerprint density at radius 1 is 1.24 bits per heavy atom. The molecule has 0 atom stereocenters. The predicted octanol–water partition coefficient (Wildman–Crippen LogP) is 1.34. The van der Waals surface area contributed by atoms with Gasteiger partial charge in [-0.2, -0.15) is 0 Å². The number of hydrogen-bond acceptors (Lipinski definition) is 2. The third kappa shape index (κ3) is 3.32. The Kier molecular flexibility index (Phi) is 3.77. The van der Waals surface area contributed by atoms with Gasteiger partial charge < -0.3 is 15.1 Å². The molecule has 0 bridgehead atoms. The summed E-state index contributed by atoms with van der Waals surface area (Å²) in [4.78, 5) is 27.0. The second-order valence-electron chi connectivity index (χ2n) is 5.56. The van der Waals surface area contributed by atoms with Crippen molar-refractivity contribution in [1.29, 1.82) is 0 Å². The highest BCUT2D eigenvalue weighted by Gasteiger charge is 2.31. The van der Waals surface area contributed by atoms with Crippen LogP contribution < -0.4 is 5.32 Å². The highest BCUT2D eigenvalue weighted by atomic mass is 19.1. The van der Waals surface area contributed by atoms with Crippen LogP contribution in [-0.4, -0.2) is 47.4 Å². The minimum absolute atomic E-state index is 0.0864. The van der Waals surface area contributed by atoms with Gasteiger partial charge in [0.15, 0.2) is 0 Å². The van der Waals surface area contributed by atoms with E-state index in [1.54, 1.807) is 23.1 Å². The maximum atomic E-state index is 13.6. The maximum absolute atomic E-state index is 13.6. The fourth-order valence-corrected chi connectivity index (χ4v) is 2.43. The van der Waals surface area contributed by atoms with E-state index in [4.69, 9.17) is 0 Å². The molecule has 1 aliphatic heterocycles. The van der Waals surface area contributed by atoms with Gasteiger partial charge in [0.1, 0.15) is 12.4 Å². The summed E-state index contributed by atoms with van der Waals surface area (Å²) in [5.74, 6) is -0.422. The minimum atomic E-state index is -0.310. The maximum Gasteiger partial charge on any atom is 0.320 e. The lowest BCUT2D eigenvalue weighted by Crippen LogP contribution is -2.40. The number of rotatable bonds is 5. The molecule has 1 heterocycles. The van der Waals surface area contributed by atoms with Gasteiger partial charge in [-0.25, -0.2) is 9.18 Å². The minimum Gasteiger partial charge on any atom is -0.352 e. The number of halogens is 1. The molecule has 3 rings (SSSR count). The Hall–Kier alpha value is -2.11. The molecule has 1 aromatic carbocycles. The number of benzene rings is 1. The SMILES string of the molecule is O=C(CN1CCN(Cc2ccccc2F)C1=O)NC1CC1. The molecule has 2 aliphatic rings. The summed E-state index contributed by atoms with van der Waals surface area (Å²) in [6.45, 7) is 1.35. The molecule has 2 fully saturated rings. The number of hydrogen-bond donors (Lipinski definition) is 1. The Morgan fingerprint density at radius 3 is 2.67 bits per heavy atom. The zero-order valence-electron chi connectivity index (χ0n) is 11.7. The van der Waals surface area contributed by atoms with Gasteiger partial charge in [-0.05, 0) is 18.9 Å². The molecule has 0 aromatic heterocycles. The van der Waals surface area contributed by atoms with Crippen LogP contribution in [0.15, 0.2) is 24.3 Å². The molecule has 0 unspecified atom stereocenters. The molecular weight excluding hydrogens is 273 g/mol. The topological polar surface area (TPSA) is 52.7 Å². The van der Waals surface area contributed by atoms with Crippen molar-refractivity contribution in [3.05, 3.63) is 35.6 Å². The first-order valence-corrected chi connectivity index (χ1v) is 7.20. The average Bonchev–Trinajstić information content (AvgIpc) is 3.20. The van der Waals surface area contributed by atoms with Crippen molar-refractivity contribution < 1.29 is 14.0 Å². The summed E-state index contributed by atoms with van der Waals surface area (Å²) in [6, 6.07) is 6.52. The van der Waals surface area contributed by atoms with Crippen molar-refractivity contribution >= 4 is 11.9 Å². The second-order valence-corrected chi connectivity index (χ2v) is 5.56. The fourth-order valence-electron chi connectivity index (χ4n) is 2.43. The second kappa shape index (κ2) is 5.71. The van der Waals surface area contributed by atoms with Crippen LogP contribution in [0.5, 0.6) is 0 Å². The van der Waals surface area contributed by atoms with Crippen molar-refractivity contribution in [3.63, 3.8) is 0 Å². The summed E-state index contributed by atoms with van der Waals surface area (Å²) in [6.07, 6.45) is 2.05. The monoisotopic (exact) mass is 291 g/mol. The highest BCUT2D eigenvalue weighted by molar-refractivity contribution is 5.85. The van der Waals surface area contributed by atoms with Gasteiger partial charge in [0, 0.05) is 24.7 Å². The van der Waals surface area contributed by atoms with Gasteiger partial charge in [0.25, 0.3) is 0 Å². The normalized spacial score (nSPS) is 18.2. The number of nitrogens with one attached hydrogen (secondary N) is 1. The lowest BCUT2D eigenvalue weighted by molar-refractivity contribution is -0.121. The summed E-state index contributed by atoms with van der Waals surface area (Å²) in [7, 11) is 0. The first kappa shape index (κ1) is 13.9. The zero-order chi connectivity index (χ0) is 14.8. The first-order valence-electron chi connectivity index (χ1n) is 7.20. The van der Waals surface area contributed by atoms with E-state index in [-0.39, 0.29) is 30.8 Å². The van der Waals surface area contributed by atoms with Crippen LogP contribution in [-0.2, 0) is 11.3 Å². The molecule has 1 saturated carbocycles. The van der Waals surface area contributed by atoms with Gasteiger partial charge in [-0.1, -0.05) is 18.2 Å². The van der Waals surface area contributed by atoms with E-state index in [0.717, 1.165) is 12.8 Å². The van der Waals surface area contributed by atoms with E-state index in [0.29, 0.717) is 24.7 Å². The fraction of sp³-hybridized carbons (Fsp3) is 0.467. The molecule has 0 radical (unpaired) electrons. The van der Waals surface area contributed by atoms with E-state index in [1.807, 2.05) is 0 Å². The number of amides is 3. The largest absolute Gasteiger partial charge is 0.352 e. The van der Waals surface area contributed by atoms with Crippen LogP contribution in [0.25, 0.3) is 0 Å². The van der Waals surface area contributed by atoms with Gasteiger partial charge in [-0.3, -0.25) is 4.79 Å². The van der Waals surface area contributed by atoms with Crippen LogP contribution in [0, 0.1) is 5.82 Å². The lowest BCUT2D eigenvalue weighted by Gasteiger charge is -2.18.